The van der Waals surface area contributed by atoms with E-state index in [1.54, 1.807) is 0 Å². The smallest absolute Gasteiger partial charge is 0.0406 e. The van der Waals surface area contributed by atoms with Crippen molar-refractivity contribution >= 4 is 11.6 Å². The maximum atomic E-state index is 5.83. The zero-order chi connectivity index (χ0) is 11.1. The minimum atomic E-state index is 0.832. The van der Waals surface area contributed by atoms with Crippen molar-refractivity contribution in [2.75, 3.05) is 0 Å². The maximum absolute atomic E-state index is 5.83. The highest BCUT2D eigenvalue weighted by molar-refractivity contribution is 6.30. The Hall–Kier alpha value is -0.490. The first-order valence-electron chi connectivity index (χ1n) is 5.93. The van der Waals surface area contributed by atoms with Gasteiger partial charge < -0.3 is 0 Å². The summed E-state index contributed by atoms with van der Waals surface area (Å²) in [6.07, 6.45) is 6.57. The maximum Gasteiger partial charge on any atom is 0.0406 e. The van der Waals surface area contributed by atoms with E-state index >= 15 is 0 Å². The van der Waals surface area contributed by atoms with Gasteiger partial charge in [-0.3, -0.25) is 0 Å². The fourth-order valence-electron chi connectivity index (χ4n) is 1.71. The fourth-order valence-corrected chi connectivity index (χ4v) is 1.84. The van der Waals surface area contributed by atoms with Crippen LogP contribution in [0.3, 0.4) is 0 Å². The lowest BCUT2D eigenvalue weighted by Crippen LogP contribution is -1.89. The van der Waals surface area contributed by atoms with Crippen molar-refractivity contribution in [1.82, 2.24) is 0 Å². The van der Waals surface area contributed by atoms with Gasteiger partial charge >= 0.3 is 0 Å². The van der Waals surface area contributed by atoms with Crippen molar-refractivity contribution in [3.8, 4) is 0 Å². The van der Waals surface area contributed by atoms with Crippen LogP contribution in [-0.2, 0) is 6.42 Å². The molecule has 1 aromatic carbocycles. The monoisotopic (exact) mass is 224 g/mol. The van der Waals surface area contributed by atoms with Crippen LogP contribution < -0.4 is 0 Å². The lowest BCUT2D eigenvalue weighted by molar-refractivity contribution is 0.527. The Morgan fingerprint density at radius 2 is 1.67 bits per heavy atom. The lowest BCUT2D eigenvalue weighted by atomic mass is 10.0. The first-order chi connectivity index (χ1) is 7.18. The molecule has 0 aromatic heterocycles. The highest BCUT2D eigenvalue weighted by atomic mass is 35.5. The molecule has 0 N–H and O–H groups in total. The van der Waals surface area contributed by atoms with Crippen LogP contribution in [0.4, 0.5) is 0 Å². The van der Waals surface area contributed by atoms with Crippen molar-refractivity contribution in [2.45, 2.75) is 46.0 Å². The SMILES string of the molecule is CC(C)CCCCCc1ccc(Cl)cc1. The quantitative estimate of drug-likeness (QED) is 0.590. The van der Waals surface area contributed by atoms with Crippen LogP contribution in [0.25, 0.3) is 0 Å². The van der Waals surface area contributed by atoms with Gasteiger partial charge in [-0.05, 0) is 36.5 Å². The molecule has 0 heterocycles. The first-order valence-corrected chi connectivity index (χ1v) is 6.30. The topological polar surface area (TPSA) is 0 Å². The van der Waals surface area contributed by atoms with E-state index in [-0.39, 0.29) is 0 Å². The zero-order valence-electron chi connectivity index (χ0n) is 9.80. The number of unbranched alkanes of at least 4 members (excludes halogenated alkanes) is 2. The molecule has 0 saturated carbocycles. The third-order valence-electron chi connectivity index (χ3n) is 2.66. The van der Waals surface area contributed by atoms with Gasteiger partial charge in [0, 0.05) is 5.02 Å². The van der Waals surface area contributed by atoms with Crippen molar-refractivity contribution in [3.63, 3.8) is 0 Å². The zero-order valence-corrected chi connectivity index (χ0v) is 10.6. The molecule has 0 aliphatic rings. The molecule has 1 aromatic rings. The molecule has 84 valence electrons. The summed E-state index contributed by atoms with van der Waals surface area (Å²) < 4.78 is 0. The normalized spacial score (nSPS) is 10.9. The standard InChI is InChI=1S/C14H21Cl/c1-12(2)6-4-3-5-7-13-8-10-14(15)11-9-13/h8-12H,3-7H2,1-2H3. The summed E-state index contributed by atoms with van der Waals surface area (Å²) in [5.74, 6) is 0.848. The molecule has 0 fully saturated rings. The largest absolute Gasteiger partial charge is 0.0843 e. The number of hydrogen-bond donors (Lipinski definition) is 0. The van der Waals surface area contributed by atoms with Gasteiger partial charge in [0.1, 0.15) is 0 Å². The number of hydrogen-bond acceptors (Lipinski definition) is 0. The average Bonchev–Trinajstić information content (AvgIpc) is 2.20. The molecule has 15 heavy (non-hydrogen) atoms. The number of rotatable bonds is 6. The molecule has 0 saturated heterocycles. The predicted octanol–water partition coefficient (Wildman–Crippen LogP) is 5.10. The van der Waals surface area contributed by atoms with Crippen LogP contribution in [0.5, 0.6) is 0 Å². The molecule has 1 rings (SSSR count). The minimum absolute atomic E-state index is 0.832. The second kappa shape index (κ2) is 6.90. The van der Waals surface area contributed by atoms with E-state index in [4.69, 9.17) is 11.6 Å². The van der Waals surface area contributed by atoms with Gasteiger partial charge in [-0.15, -0.1) is 0 Å². The van der Waals surface area contributed by atoms with Crippen molar-refractivity contribution < 1.29 is 0 Å². The molecule has 1 heteroatoms. The summed E-state index contributed by atoms with van der Waals surface area (Å²) in [6, 6.07) is 8.21. The van der Waals surface area contributed by atoms with E-state index in [9.17, 15) is 0 Å². The van der Waals surface area contributed by atoms with Gasteiger partial charge in [-0.2, -0.15) is 0 Å². The average molecular weight is 225 g/mol. The molecule has 0 atom stereocenters. The summed E-state index contributed by atoms with van der Waals surface area (Å²) in [7, 11) is 0. The van der Waals surface area contributed by atoms with Crippen LogP contribution in [0.15, 0.2) is 24.3 Å². The fraction of sp³-hybridized carbons (Fsp3) is 0.571. The predicted molar refractivity (Wildman–Crippen MR) is 68.5 cm³/mol. The molecule has 0 bridgehead atoms. The molecule has 0 aliphatic heterocycles. The highest BCUT2D eigenvalue weighted by Gasteiger charge is 1.96. The summed E-state index contributed by atoms with van der Waals surface area (Å²) in [5.41, 5.74) is 1.41. The van der Waals surface area contributed by atoms with Crippen molar-refractivity contribution in [3.05, 3.63) is 34.9 Å². The van der Waals surface area contributed by atoms with E-state index in [0.29, 0.717) is 0 Å². The number of halogens is 1. The summed E-state index contributed by atoms with van der Waals surface area (Å²) >= 11 is 5.83. The third kappa shape index (κ3) is 5.84. The van der Waals surface area contributed by atoms with Gasteiger partial charge in [-0.1, -0.05) is 56.8 Å². The van der Waals surface area contributed by atoms with Gasteiger partial charge in [0.05, 0.1) is 0 Å². The summed E-state index contributed by atoms with van der Waals surface area (Å²) in [5, 5.41) is 0.832. The van der Waals surface area contributed by atoms with Crippen LogP contribution in [0, 0.1) is 5.92 Å². The van der Waals surface area contributed by atoms with Crippen LogP contribution in [-0.4, -0.2) is 0 Å². The number of aryl methyl sites for hydroxylation is 1. The molecule has 0 amide bonds. The molecule has 0 spiro atoms. The third-order valence-corrected chi connectivity index (χ3v) is 2.91. The van der Waals surface area contributed by atoms with E-state index in [1.165, 1.54) is 37.7 Å². The molecular weight excluding hydrogens is 204 g/mol. The Labute approximate surface area is 98.7 Å². The Morgan fingerprint density at radius 3 is 2.27 bits per heavy atom. The Kier molecular flexibility index (Phi) is 5.78. The van der Waals surface area contributed by atoms with Gasteiger partial charge in [0.15, 0.2) is 0 Å². The van der Waals surface area contributed by atoms with Crippen LogP contribution >= 0.6 is 11.6 Å². The molecule has 0 radical (unpaired) electrons. The van der Waals surface area contributed by atoms with Gasteiger partial charge in [-0.25, -0.2) is 0 Å². The lowest BCUT2D eigenvalue weighted by Gasteiger charge is -2.04. The minimum Gasteiger partial charge on any atom is -0.0843 e. The highest BCUT2D eigenvalue weighted by Crippen LogP contribution is 2.13. The van der Waals surface area contributed by atoms with E-state index in [2.05, 4.69) is 26.0 Å². The Bertz CT molecular complexity index is 261. The van der Waals surface area contributed by atoms with Crippen molar-refractivity contribution in [2.24, 2.45) is 5.92 Å². The molecule has 0 nitrogen and oxygen atoms in total. The second-order valence-electron chi connectivity index (χ2n) is 4.62. The Morgan fingerprint density at radius 1 is 1.00 bits per heavy atom. The molecule has 0 aliphatic carbocycles. The second-order valence-corrected chi connectivity index (χ2v) is 5.06. The summed E-state index contributed by atoms with van der Waals surface area (Å²) in [4.78, 5) is 0. The molecular formula is C14H21Cl. The van der Waals surface area contributed by atoms with Gasteiger partial charge in [0.2, 0.25) is 0 Å². The number of benzene rings is 1. The van der Waals surface area contributed by atoms with E-state index in [1.807, 2.05) is 12.1 Å². The van der Waals surface area contributed by atoms with Crippen LogP contribution in [0.2, 0.25) is 5.02 Å². The van der Waals surface area contributed by atoms with E-state index < -0.39 is 0 Å². The first kappa shape index (κ1) is 12.6. The summed E-state index contributed by atoms with van der Waals surface area (Å²) in [6.45, 7) is 4.58. The molecule has 0 unspecified atom stereocenters. The van der Waals surface area contributed by atoms with E-state index in [0.717, 1.165) is 10.9 Å². The Balaban J connectivity index is 2.12. The van der Waals surface area contributed by atoms with Crippen LogP contribution in [0.1, 0.15) is 45.1 Å². The van der Waals surface area contributed by atoms with Crippen molar-refractivity contribution in [1.29, 1.82) is 0 Å². The van der Waals surface area contributed by atoms with Gasteiger partial charge in [0.25, 0.3) is 0 Å².